The summed E-state index contributed by atoms with van der Waals surface area (Å²) in [6, 6.07) is 18.7. The van der Waals surface area contributed by atoms with E-state index in [0.29, 0.717) is 35.3 Å². The minimum absolute atomic E-state index is 0.122. The number of thioether (sulfide) groups is 1. The van der Waals surface area contributed by atoms with Crippen LogP contribution in [-0.4, -0.2) is 36.2 Å². The van der Waals surface area contributed by atoms with Crippen molar-refractivity contribution >= 4 is 46.7 Å². The highest BCUT2D eigenvalue weighted by Gasteiger charge is 2.59. The fraction of sp³-hybridized carbons (Fsp3) is 0.259. The van der Waals surface area contributed by atoms with E-state index in [0.717, 1.165) is 27.9 Å². The van der Waals surface area contributed by atoms with Gasteiger partial charge in [-0.1, -0.05) is 41.9 Å². The van der Waals surface area contributed by atoms with Crippen molar-refractivity contribution in [2.24, 2.45) is 0 Å². The average molecular weight is 508 g/mol. The van der Waals surface area contributed by atoms with Crippen molar-refractivity contribution in [3.8, 4) is 5.75 Å². The van der Waals surface area contributed by atoms with Crippen LogP contribution in [0.2, 0.25) is 5.02 Å². The summed E-state index contributed by atoms with van der Waals surface area (Å²) in [4.78, 5) is 30.0. The third kappa shape index (κ3) is 3.93. The van der Waals surface area contributed by atoms with Gasteiger partial charge in [0.1, 0.15) is 5.75 Å². The summed E-state index contributed by atoms with van der Waals surface area (Å²) < 4.78 is 5.49. The number of methoxy groups -OCH3 is 1. The molecule has 6 nitrogen and oxygen atoms in total. The van der Waals surface area contributed by atoms with E-state index in [4.69, 9.17) is 16.3 Å². The van der Waals surface area contributed by atoms with Gasteiger partial charge in [-0.3, -0.25) is 9.69 Å². The Hall–Kier alpha value is -3.16. The first kappa shape index (κ1) is 23.6. The molecule has 5 rings (SSSR count). The predicted octanol–water partition coefficient (Wildman–Crippen LogP) is 5.95. The van der Waals surface area contributed by atoms with Gasteiger partial charge in [-0.2, -0.15) is 0 Å². The van der Waals surface area contributed by atoms with Crippen LogP contribution in [0.5, 0.6) is 5.75 Å². The first-order valence-corrected chi connectivity index (χ1v) is 12.7. The number of hydrogen-bond acceptors (Lipinski definition) is 4. The molecular weight excluding hydrogens is 482 g/mol. The molecule has 1 atom stereocenters. The summed E-state index contributed by atoms with van der Waals surface area (Å²) in [5.41, 5.74) is 5.26. The number of rotatable bonds is 4. The number of carbonyl (C=O) groups excluding carboxylic acids is 2. The molecule has 1 saturated heterocycles. The van der Waals surface area contributed by atoms with E-state index in [2.05, 4.69) is 5.32 Å². The van der Waals surface area contributed by atoms with Crippen molar-refractivity contribution in [2.75, 3.05) is 29.6 Å². The number of nitrogens with zero attached hydrogens (tertiary/aromatic N) is 2. The Labute approximate surface area is 214 Å². The molecule has 0 radical (unpaired) electrons. The van der Waals surface area contributed by atoms with Crippen molar-refractivity contribution in [3.63, 3.8) is 0 Å². The molecule has 3 aromatic rings. The second-order valence-corrected chi connectivity index (χ2v) is 10.4. The molecule has 2 aliphatic rings. The van der Waals surface area contributed by atoms with Crippen molar-refractivity contribution in [1.82, 2.24) is 4.90 Å². The van der Waals surface area contributed by atoms with Crippen LogP contribution in [0.3, 0.4) is 0 Å². The third-order valence-corrected chi connectivity index (χ3v) is 8.49. The van der Waals surface area contributed by atoms with Crippen LogP contribution in [0.4, 0.5) is 16.2 Å². The van der Waals surface area contributed by atoms with Gasteiger partial charge in [-0.25, -0.2) is 4.79 Å². The zero-order valence-corrected chi connectivity index (χ0v) is 21.4. The van der Waals surface area contributed by atoms with Crippen LogP contribution in [0, 0.1) is 13.8 Å². The first-order chi connectivity index (χ1) is 16.8. The maximum absolute atomic E-state index is 14.2. The van der Waals surface area contributed by atoms with Crippen LogP contribution in [0.25, 0.3) is 0 Å². The molecule has 1 unspecified atom stereocenters. The number of carbonyl (C=O) groups is 2. The van der Waals surface area contributed by atoms with Crippen molar-refractivity contribution < 1.29 is 14.3 Å². The number of hydrogen-bond donors (Lipinski definition) is 1. The molecule has 1 N–H and O–H groups in total. The van der Waals surface area contributed by atoms with E-state index in [9.17, 15) is 9.59 Å². The number of urea groups is 1. The van der Waals surface area contributed by atoms with Crippen molar-refractivity contribution in [3.05, 3.63) is 87.9 Å². The van der Waals surface area contributed by atoms with Gasteiger partial charge in [0, 0.05) is 28.6 Å². The number of aryl methyl sites for hydroxylation is 2. The second kappa shape index (κ2) is 9.13. The van der Waals surface area contributed by atoms with Gasteiger partial charge in [0.05, 0.1) is 19.3 Å². The lowest BCUT2D eigenvalue weighted by Gasteiger charge is -2.33. The SMILES string of the molecule is COc1ccc2c(c1)C1(SCCN1C(=O)Nc1ccc(C)c(Cl)c1)C(=O)N2Cc1ccccc1C. The average Bonchev–Trinajstić information content (AvgIpc) is 3.39. The third-order valence-electron chi connectivity index (χ3n) is 6.66. The molecule has 3 amide bonds. The lowest BCUT2D eigenvalue weighted by molar-refractivity contribution is -0.123. The summed E-state index contributed by atoms with van der Waals surface area (Å²) in [5, 5.41) is 3.52. The van der Waals surface area contributed by atoms with Crippen LogP contribution < -0.4 is 15.0 Å². The fourth-order valence-electron chi connectivity index (χ4n) is 4.70. The maximum Gasteiger partial charge on any atom is 0.323 e. The highest BCUT2D eigenvalue weighted by molar-refractivity contribution is 8.01. The molecular formula is C27H26ClN3O3S. The molecule has 0 saturated carbocycles. The minimum atomic E-state index is -1.16. The van der Waals surface area contributed by atoms with E-state index in [1.807, 2.05) is 68.4 Å². The summed E-state index contributed by atoms with van der Waals surface area (Å²) in [7, 11) is 1.60. The molecule has 2 aliphatic heterocycles. The normalized spacial score (nSPS) is 18.8. The van der Waals surface area contributed by atoms with Crippen LogP contribution in [0.1, 0.15) is 22.3 Å². The molecule has 180 valence electrons. The van der Waals surface area contributed by atoms with E-state index in [-0.39, 0.29) is 11.9 Å². The first-order valence-electron chi connectivity index (χ1n) is 11.4. The molecule has 0 aromatic heterocycles. The smallest absolute Gasteiger partial charge is 0.323 e. The molecule has 1 spiro atoms. The topological polar surface area (TPSA) is 61.9 Å². The fourth-order valence-corrected chi connectivity index (χ4v) is 6.33. The highest BCUT2D eigenvalue weighted by Crippen LogP contribution is 2.55. The van der Waals surface area contributed by atoms with Crippen LogP contribution in [0.15, 0.2) is 60.7 Å². The number of halogens is 1. The monoisotopic (exact) mass is 507 g/mol. The lowest BCUT2D eigenvalue weighted by atomic mass is 10.1. The molecule has 8 heteroatoms. The Morgan fingerprint density at radius 2 is 1.91 bits per heavy atom. The zero-order valence-electron chi connectivity index (χ0n) is 19.8. The lowest BCUT2D eigenvalue weighted by Crippen LogP contribution is -2.51. The zero-order chi connectivity index (χ0) is 24.7. The summed E-state index contributed by atoms with van der Waals surface area (Å²) in [5.74, 6) is 1.17. The Kier molecular flexibility index (Phi) is 6.15. The molecule has 0 bridgehead atoms. The van der Waals surface area contributed by atoms with Crippen molar-refractivity contribution in [1.29, 1.82) is 0 Å². The summed E-state index contributed by atoms with van der Waals surface area (Å²) >= 11 is 7.75. The van der Waals surface area contributed by atoms with Crippen LogP contribution in [-0.2, 0) is 16.2 Å². The van der Waals surface area contributed by atoms with E-state index in [1.165, 1.54) is 11.8 Å². The molecule has 0 aliphatic carbocycles. The van der Waals surface area contributed by atoms with Crippen LogP contribution >= 0.6 is 23.4 Å². The Bertz CT molecular complexity index is 1330. The minimum Gasteiger partial charge on any atom is -0.497 e. The van der Waals surface area contributed by atoms with Gasteiger partial charge in [-0.15, -0.1) is 11.8 Å². The van der Waals surface area contributed by atoms with Gasteiger partial charge in [0.25, 0.3) is 5.91 Å². The number of ether oxygens (including phenoxy) is 1. The number of anilines is 2. The van der Waals surface area contributed by atoms with Gasteiger partial charge < -0.3 is 15.0 Å². The van der Waals surface area contributed by atoms with Gasteiger partial charge in [0.15, 0.2) is 4.87 Å². The second-order valence-electron chi connectivity index (χ2n) is 8.74. The quantitative estimate of drug-likeness (QED) is 0.474. The highest BCUT2D eigenvalue weighted by atomic mass is 35.5. The standard InChI is InChI=1S/C27H26ClN3O3S/c1-17-6-4-5-7-19(17)16-30-24-11-10-21(34-3)15-22(24)27(25(30)32)31(12-13-35-27)26(33)29-20-9-8-18(2)23(28)14-20/h4-11,14-15H,12-13,16H2,1-3H3,(H,29,33). The van der Waals surface area contributed by atoms with E-state index >= 15 is 0 Å². The van der Waals surface area contributed by atoms with Gasteiger partial charge >= 0.3 is 6.03 Å². The predicted molar refractivity (Wildman–Crippen MR) is 141 cm³/mol. The maximum atomic E-state index is 14.2. The Morgan fingerprint density at radius 3 is 2.66 bits per heavy atom. The summed E-state index contributed by atoms with van der Waals surface area (Å²) in [6.07, 6.45) is 0. The van der Waals surface area contributed by atoms with E-state index in [1.54, 1.807) is 23.0 Å². The van der Waals surface area contributed by atoms with Crippen molar-refractivity contribution in [2.45, 2.75) is 25.3 Å². The number of fused-ring (bicyclic) bond motifs is 2. The largest absolute Gasteiger partial charge is 0.497 e. The summed E-state index contributed by atoms with van der Waals surface area (Å²) in [6.45, 7) is 4.81. The number of benzene rings is 3. The molecule has 35 heavy (non-hydrogen) atoms. The Balaban J connectivity index is 1.55. The molecule has 3 aromatic carbocycles. The number of nitrogens with one attached hydrogen (secondary N) is 1. The van der Waals surface area contributed by atoms with Gasteiger partial charge in [0.2, 0.25) is 0 Å². The molecule has 2 heterocycles. The van der Waals surface area contributed by atoms with Gasteiger partial charge in [-0.05, 0) is 60.9 Å². The number of amides is 3. The molecule has 1 fully saturated rings. The Morgan fingerprint density at radius 1 is 1.11 bits per heavy atom. The van der Waals surface area contributed by atoms with E-state index < -0.39 is 4.87 Å².